The number of hydrogen-bond donors (Lipinski definition) is 1. The fourth-order valence-electron chi connectivity index (χ4n) is 1.64. The van der Waals surface area contributed by atoms with Crippen molar-refractivity contribution in [2.24, 2.45) is 0 Å². The van der Waals surface area contributed by atoms with Crippen LogP contribution >= 0.6 is 11.6 Å². The van der Waals surface area contributed by atoms with Crippen molar-refractivity contribution in [3.8, 4) is 0 Å². The Labute approximate surface area is 114 Å². The molecule has 1 amide bonds. The second-order valence-electron chi connectivity index (χ2n) is 4.75. The van der Waals surface area contributed by atoms with Crippen LogP contribution in [0.2, 0.25) is 5.15 Å². The molecule has 0 spiro atoms. The van der Waals surface area contributed by atoms with Crippen LogP contribution in [-0.4, -0.2) is 16.4 Å². The van der Waals surface area contributed by atoms with E-state index < -0.39 is 0 Å². The number of aromatic nitrogens is 1. The van der Waals surface area contributed by atoms with Gasteiger partial charge in [-0.3, -0.25) is 4.79 Å². The highest BCUT2D eigenvalue weighted by atomic mass is 35.5. The predicted molar refractivity (Wildman–Crippen MR) is 75.1 cm³/mol. The van der Waals surface area contributed by atoms with E-state index >= 15 is 0 Å². The first kappa shape index (κ1) is 15.0. The van der Waals surface area contributed by atoms with Crippen molar-refractivity contribution in [3.05, 3.63) is 28.5 Å². The average molecular weight is 269 g/mol. The van der Waals surface area contributed by atoms with E-state index in [1.165, 1.54) is 0 Å². The Kier molecular flexibility index (Phi) is 5.15. The number of amides is 1. The molecular weight excluding hydrogens is 248 g/mol. The van der Waals surface area contributed by atoms with Gasteiger partial charge in [-0.15, -0.1) is 0 Å². The van der Waals surface area contributed by atoms with Crippen molar-refractivity contribution < 1.29 is 4.79 Å². The Morgan fingerprint density at radius 2 is 1.94 bits per heavy atom. The van der Waals surface area contributed by atoms with Crippen LogP contribution in [0, 0.1) is 0 Å². The third-order valence-corrected chi connectivity index (χ3v) is 3.64. The number of carbonyl (C=O) groups is 1. The van der Waals surface area contributed by atoms with Crippen molar-refractivity contribution >= 4 is 17.5 Å². The van der Waals surface area contributed by atoms with E-state index in [-0.39, 0.29) is 11.4 Å². The number of rotatable bonds is 5. The Balaban J connectivity index is 2.94. The molecule has 1 rings (SSSR count). The zero-order chi connectivity index (χ0) is 13.8. The molecule has 4 heteroatoms. The monoisotopic (exact) mass is 268 g/mol. The van der Waals surface area contributed by atoms with Crippen molar-refractivity contribution in [1.82, 2.24) is 10.3 Å². The van der Waals surface area contributed by atoms with E-state index in [4.69, 9.17) is 11.6 Å². The zero-order valence-corrected chi connectivity index (χ0v) is 12.3. The normalized spacial score (nSPS) is 11.4. The van der Waals surface area contributed by atoms with Gasteiger partial charge in [0.25, 0.3) is 5.91 Å². The quantitative estimate of drug-likeness (QED) is 0.829. The average Bonchev–Trinajstić information content (AvgIpc) is 2.37. The molecule has 0 fully saturated rings. The molecule has 1 aromatic rings. The van der Waals surface area contributed by atoms with Gasteiger partial charge in [-0.25, -0.2) is 4.98 Å². The van der Waals surface area contributed by atoms with E-state index in [2.05, 4.69) is 31.1 Å². The van der Waals surface area contributed by atoms with Crippen LogP contribution < -0.4 is 5.32 Å². The number of carbonyl (C=O) groups excluding carboxylic acids is 1. The summed E-state index contributed by atoms with van der Waals surface area (Å²) < 4.78 is 0. The Hall–Kier alpha value is -1.09. The van der Waals surface area contributed by atoms with Crippen LogP contribution in [0.15, 0.2) is 12.1 Å². The Bertz CT molecular complexity index is 428. The summed E-state index contributed by atoms with van der Waals surface area (Å²) in [6.45, 7) is 8.18. The van der Waals surface area contributed by atoms with Crippen molar-refractivity contribution in [3.63, 3.8) is 0 Å². The van der Waals surface area contributed by atoms with Gasteiger partial charge in [0, 0.05) is 16.8 Å². The second kappa shape index (κ2) is 6.19. The summed E-state index contributed by atoms with van der Waals surface area (Å²) in [5.41, 5.74) is 1.25. The number of nitrogens with zero attached hydrogens (tertiary/aromatic N) is 1. The molecule has 0 aliphatic heterocycles. The van der Waals surface area contributed by atoms with E-state index in [0.717, 1.165) is 25.0 Å². The van der Waals surface area contributed by atoms with E-state index in [1.807, 2.05) is 6.92 Å². The van der Waals surface area contributed by atoms with E-state index in [0.29, 0.717) is 10.7 Å². The first-order valence-corrected chi connectivity index (χ1v) is 6.80. The zero-order valence-electron chi connectivity index (χ0n) is 11.5. The van der Waals surface area contributed by atoms with Crippen LogP contribution in [0.5, 0.6) is 0 Å². The van der Waals surface area contributed by atoms with Gasteiger partial charge in [0.1, 0.15) is 5.15 Å². The third-order valence-electron chi connectivity index (χ3n) is 3.45. The van der Waals surface area contributed by atoms with Crippen molar-refractivity contribution in [2.75, 3.05) is 0 Å². The van der Waals surface area contributed by atoms with Gasteiger partial charge in [-0.1, -0.05) is 32.4 Å². The number of nitrogens with one attached hydrogen (secondary N) is 1. The summed E-state index contributed by atoms with van der Waals surface area (Å²) in [5, 5.41) is 3.43. The predicted octanol–water partition coefficient (Wildman–Crippen LogP) is 3.61. The van der Waals surface area contributed by atoms with Gasteiger partial charge >= 0.3 is 0 Å². The molecule has 1 N–H and O–H groups in total. The van der Waals surface area contributed by atoms with Crippen LogP contribution in [0.3, 0.4) is 0 Å². The van der Waals surface area contributed by atoms with Gasteiger partial charge in [0.05, 0.1) is 0 Å². The highest BCUT2D eigenvalue weighted by Gasteiger charge is 2.22. The van der Waals surface area contributed by atoms with Gasteiger partial charge in [0.2, 0.25) is 0 Å². The number of pyridine rings is 1. The molecule has 0 aliphatic rings. The number of halogens is 1. The molecule has 0 aromatic carbocycles. The minimum atomic E-state index is -0.167. The standard InChI is InChI=1S/C14H21ClN2O/c1-5-11-8-10(9-12(15)16-11)13(18)17-14(4,6-2)7-3/h8-9H,5-7H2,1-4H3,(H,17,18). The van der Waals surface area contributed by atoms with Crippen molar-refractivity contribution in [1.29, 1.82) is 0 Å². The van der Waals surface area contributed by atoms with E-state index in [1.54, 1.807) is 12.1 Å². The summed E-state index contributed by atoms with van der Waals surface area (Å²) in [6.07, 6.45) is 2.56. The topological polar surface area (TPSA) is 42.0 Å². The maximum absolute atomic E-state index is 12.2. The van der Waals surface area contributed by atoms with Gasteiger partial charge in [-0.05, 0) is 38.3 Å². The molecule has 1 aromatic heterocycles. The number of aryl methyl sites for hydroxylation is 1. The minimum Gasteiger partial charge on any atom is -0.347 e. The summed E-state index contributed by atoms with van der Waals surface area (Å²) in [7, 11) is 0. The SMILES string of the molecule is CCc1cc(C(=O)NC(C)(CC)CC)cc(Cl)n1. The van der Waals surface area contributed by atoms with Gasteiger partial charge in [-0.2, -0.15) is 0 Å². The fraction of sp³-hybridized carbons (Fsp3) is 0.571. The minimum absolute atomic E-state index is 0.0831. The first-order valence-electron chi connectivity index (χ1n) is 6.43. The highest BCUT2D eigenvalue weighted by Crippen LogP contribution is 2.16. The third kappa shape index (κ3) is 3.70. The maximum atomic E-state index is 12.2. The molecule has 1 heterocycles. The van der Waals surface area contributed by atoms with Crippen LogP contribution in [0.4, 0.5) is 0 Å². The Morgan fingerprint density at radius 3 is 2.44 bits per heavy atom. The second-order valence-corrected chi connectivity index (χ2v) is 5.13. The summed E-state index contributed by atoms with van der Waals surface area (Å²) in [6, 6.07) is 3.41. The van der Waals surface area contributed by atoms with Gasteiger partial charge in [0.15, 0.2) is 0 Å². The first-order chi connectivity index (χ1) is 8.44. The highest BCUT2D eigenvalue weighted by molar-refractivity contribution is 6.29. The largest absolute Gasteiger partial charge is 0.347 e. The molecule has 0 saturated heterocycles. The molecule has 100 valence electrons. The van der Waals surface area contributed by atoms with Crippen LogP contribution in [-0.2, 0) is 6.42 Å². The lowest BCUT2D eigenvalue weighted by Crippen LogP contribution is -2.45. The molecule has 0 unspecified atom stereocenters. The van der Waals surface area contributed by atoms with Crippen molar-refractivity contribution in [2.45, 2.75) is 52.5 Å². The molecule has 0 bridgehead atoms. The summed E-state index contributed by atoms with van der Waals surface area (Å²) >= 11 is 5.92. The molecule has 3 nitrogen and oxygen atoms in total. The molecule has 0 aliphatic carbocycles. The lowest BCUT2D eigenvalue weighted by Gasteiger charge is -2.28. The fourth-order valence-corrected chi connectivity index (χ4v) is 1.86. The summed E-state index contributed by atoms with van der Waals surface area (Å²) in [5.74, 6) is -0.0831. The molecule has 18 heavy (non-hydrogen) atoms. The maximum Gasteiger partial charge on any atom is 0.251 e. The molecule has 0 atom stereocenters. The lowest BCUT2D eigenvalue weighted by molar-refractivity contribution is 0.0901. The Morgan fingerprint density at radius 1 is 1.33 bits per heavy atom. The summed E-state index contributed by atoms with van der Waals surface area (Å²) in [4.78, 5) is 16.4. The number of hydrogen-bond acceptors (Lipinski definition) is 2. The van der Waals surface area contributed by atoms with Crippen LogP contribution in [0.25, 0.3) is 0 Å². The molecule has 0 radical (unpaired) electrons. The lowest BCUT2D eigenvalue weighted by atomic mass is 9.95. The smallest absolute Gasteiger partial charge is 0.251 e. The van der Waals surface area contributed by atoms with E-state index in [9.17, 15) is 4.79 Å². The molecular formula is C14H21ClN2O. The van der Waals surface area contributed by atoms with Gasteiger partial charge < -0.3 is 5.32 Å². The van der Waals surface area contributed by atoms with Crippen LogP contribution in [0.1, 0.15) is 56.6 Å². The molecule has 0 saturated carbocycles.